The molecule has 2 aliphatic rings. The highest BCUT2D eigenvalue weighted by atomic mass is 35.5. The summed E-state index contributed by atoms with van der Waals surface area (Å²) in [6.07, 6.45) is 1.77. The minimum atomic E-state index is -0.579. The lowest BCUT2D eigenvalue weighted by atomic mass is 10.0. The van der Waals surface area contributed by atoms with E-state index in [1.807, 2.05) is 25.1 Å². The Hall–Kier alpha value is -3.20. The van der Waals surface area contributed by atoms with E-state index >= 15 is 0 Å². The number of carbonyl (C=O) groups is 1. The zero-order chi connectivity index (χ0) is 21.8. The molecule has 1 aliphatic heterocycles. The molecule has 0 unspecified atom stereocenters. The van der Waals surface area contributed by atoms with E-state index in [1.165, 1.54) is 4.90 Å². The van der Waals surface area contributed by atoms with Crippen molar-refractivity contribution in [3.8, 4) is 0 Å². The number of nitrogens with zero attached hydrogens (tertiary/aromatic N) is 4. The predicted molar refractivity (Wildman–Crippen MR) is 117 cm³/mol. The van der Waals surface area contributed by atoms with Crippen LogP contribution in [0.5, 0.6) is 0 Å². The van der Waals surface area contributed by atoms with Gasteiger partial charge in [-0.05, 0) is 38.3 Å². The highest BCUT2D eigenvalue weighted by Gasteiger charge is 2.47. The summed E-state index contributed by atoms with van der Waals surface area (Å²) in [7, 11) is 0. The summed E-state index contributed by atoms with van der Waals surface area (Å²) in [4.78, 5) is 42.6. The van der Waals surface area contributed by atoms with Crippen LogP contribution in [0.2, 0.25) is 5.02 Å². The third kappa shape index (κ3) is 3.38. The number of ether oxygens (including phenoxy) is 1. The molecule has 31 heavy (non-hydrogen) atoms. The average Bonchev–Trinajstić information content (AvgIpc) is 3.40. The molecule has 2 N–H and O–H groups in total. The molecule has 1 aliphatic carbocycles. The van der Waals surface area contributed by atoms with Gasteiger partial charge in [-0.3, -0.25) is 4.79 Å². The van der Waals surface area contributed by atoms with Crippen LogP contribution in [0.3, 0.4) is 0 Å². The number of fused-ring (bicyclic) bond motifs is 1. The number of rotatable bonds is 5. The van der Waals surface area contributed by atoms with Gasteiger partial charge in [0.2, 0.25) is 11.9 Å². The van der Waals surface area contributed by atoms with Crippen molar-refractivity contribution in [1.82, 2.24) is 19.9 Å². The van der Waals surface area contributed by atoms with E-state index in [0.717, 1.165) is 24.6 Å². The highest BCUT2D eigenvalue weighted by molar-refractivity contribution is 6.35. The number of aromatic amines is 1. The van der Waals surface area contributed by atoms with E-state index < -0.39 is 11.6 Å². The number of hydrogen-bond donors (Lipinski definition) is 2. The number of carbonyl (C=O) groups excluding carboxylic acids is 1. The van der Waals surface area contributed by atoms with Crippen LogP contribution in [-0.4, -0.2) is 38.7 Å². The van der Waals surface area contributed by atoms with Gasteiger partial charge in [0.05, 0.1) is 22.1 Å². The first-order chi connectivity index (χ1) is 14.9. The quantitative estimate of drug-likeness (QED) is 0.624. The van der Waals surface area contributed by atoms with Gasteiger partial charge in [0.15, 0.2) is 0 Å². The number of amides is 1. The van der Waals surface area contributed by atoms with E-state index in [9.17, 15) is 9.59 Å². The van der Waals surface area contributed by atoms with Gasteiger partial charge in [0, 0.05) is 10.9 Å². The minimum Gasteiger partial charge on any atom is -0.447 e. The molecule has 1 saturated carbocycles. The first-order valence-corrected chi connectivity index (χ1v) is 10.6. The van der Waals surface area contributed by atoms with E-state index in [4.69, 9.17) is 16.3 Å². The third-order valence-corrected chi connectivity index (χ3v) is 6.14. The second kappa shape index (κ2) is 7.19. The second-order valence-corrected chi connectivity index (χ2v) is 8.35. The molecule has 9 nitrogen and oxygen atoms in total. The number of para-hydroxylation sites is 1. The van der Waals surface area contributed by atoms with Gasteiger partial charge < -0.3 is 15.0 Å². The van der Waals surface area contributed by atoms with E-state index in [1.54, 1.807) is 13.0 Å². The first kappa shape index (κ1) is 19.7. The standard InChI is InChI=1S/C21H21ClN6O3/c1-3-13-10-31-20(30)28(13)19-24-11(2)23-18(26-19)27-21(7-8-21)14-9-12-5-4-6-15(22)16(12)25-17(14)29/h4-6,9,13H,3,7-8,10H2,1-2H3,(H,25,29)(H,23,24,26,27)/t13-/m0/s1. The fourth-order valence-corrected chi connectivity index (χ4v) is 4.22. The monoisotopic (exact) mass is 440 g/mol. The fourth-order valence-electron chi connectivity index (χ4n) is 3.99. The van der Waals surface area contributed by atoms with Crippen LogP contribution in [0, 0.1) is 6.92 Å². The summed E-state index contributed by atoms with van der Waals surface area (Å²) < 4.78 is 5.16. The first-order valence-electron chi connectivity index (χ1n) is 10.2. The fraction of sp³-hybridized carbons (Fsp3) is 0.381. The van der Waals surface area contributed by atoms with E-state index in [0.29, 0.717) is 34.5 Å². The molecule has 2 fully saturated rings. The number of H-pyrrole nitrogens is 1. The van der Waals surface area contributed by atoms with Crippen molar-refractivity contribution in [3.63, 3.8) is 0 Å². The highest BCUT2D eigenvalue weighted by Crippen LogP contribution is 2.47. The van der Waals surface area contributed by atoms with E-state index in [2.05, 4.69) is 25.3 Å². The number of aromatic nitrogens is 4. The largest absolute Gasteiger partial charge is 0.447 e. The molecule has 160 valence electrons. The molecule has 1 saturated heterocycles. The molecule has 0 spiro atoms. The number of pyridine rings is 1. The van der Waals surface area contributed by atoms with E-state index in [-0.39, 0.29) is 17.5 Å². The number of benzene rings is 1. The number of halogens is 1. The van der Waals surface area contributed by atoms with Crippen LogP contribution in [0.25, 0.3) is 10.9 Å². The summed E-state index contributed by atoms with van der Waals surface area (Å²) in [5.41, 5.74) is 0.440. The van der Waals surface area contributed by atoms with Gasteiger partial charge in [0.1, 0.15) is 12.4 Å². The summed E-state index contributed by atoms with van der Waals surface area (Å²) in [5.74, 6) is 1.04. The lowest BCUT2D eigenvalue weighted by Crippen LogP contribution is -2.35. The van der Waals surface area contributed by atoms with Gasteiger partial charge in [-0.1, -0.05) is 30.7 Å². The molecular weight excluding hydrogens is 420 g/mol. The van der Waals surface area contributed by atoms with Gasteiger partial charge in [0.25, 0.3) is 5.56 Å². The van der Waals surface area contributed by atoms with Crippen molar-refractivity contribution < 1.29 is 9.53 Å². The number of anilines is 2. The summed E-state index contributed by atoms with van der Waals surface area (Å²) >= 11 is 6.22. The Morgan fingerprint density at radius 2 is 2.10 bits per heavy atom. The Morgan fingerprint density at radius 1 is 1.29 bits per heavy atom. The van der Waals surface area contributed by atoms with Gasteiger partial charge in [-0.15, -0.1) is 0 Å². The minimum absolute atomic E-state index is 0.120. The van der Waals surface area contributed by atoms with Crippen LogP contribution in [-0.2, 0) is 10.3 Å². The van der Waals surface area contributed by atoms with Crippen LogP contribution in [0.15, 0.2) is 29.1 Å². The molecule has 2 aromatic heterocycles. The number of cyclic esters (lactones) is 1. The van der Waals surface area contributed by atoms with Crippen molar-refractivity contribution >= 4 is 40.5 Å². The van der Waals surface area contributed by atoms with Crippen molar-refractivity contribution in [3.05, 3.63) is 51.0 Å². The Morgan fingerprint density at radius 3 is 2.84 bits per heavy atom. The molecule has 1 amide bonds. The van der Waals surface area contributed by atoms with Gasteiger partial charge in [-0.25, -0.2) is 9.69 Å². The number of nitrogens with one attached hydrogen (secondary N) is 2. The van der Waals surface area contributed by atoms with Crippen LogP contribution >= 0.6 is 11.6 Å². The van der Waals surface area contributed by atoms with Crippen LogP contribution in [0.1, 0.15) is 37.6 Å². The van der Waals surface area contributed by atoms with Crippen LogP contribution in [0.4, 0.5) is 16.7 Å². The molecule has 0 radical (unpaired) electrons. The zero-order valence-electron chi connectivity index (χ0n) is 17.1. The molecule has 1 atom stereocenters. The lowest BCUT2D eigenvalue weighted by Gasteiger charge is -2.21. The lowest BCUT2D eigenvalue weighted by molar-refractivity contribution is 0.178. The third-order valence-electron chi connectivity index (χ3n) is 5.83. The summed E-state index contributed by atoms with van der Waals surface area (Å²) in [6.45, 7) is 4.02. The van der Waals surface area contributed by atoms with Crippen molar-refractivity contribution in [1.29, 1.82) is 0 Å². The van der Waals surface area contributed by atoms with Crippen molar-refractivity contribution in [2.75, 3.05) is 16.8 Å². The molecule has 1 aromatic carbocycles. The average molecular weight is 441 g/mol. The Balaban J connectivity index is 1.51. The Kier molecular flexibility index (Phi) is 4.58. The molecule has 0 bridgehead atoms. The Bertz CT molecular complexity index is 1260. The maximum absolute atomic E-state index is 12.9. The number of aryl methyl sites for hydroxylation is 1. The van der Waals surface area contributed by atoms with Gasteiger partial charge in [-0.2, -0.15) is 15.0 Å². The summed E-state index contributed by atoms with van der Waals surface area (Å²) in [6, 6.07) is 7.24. The molecule has 5 rings (SSSR count). The zero-order valence-corrected chi connectivity index (χ0v) is 17.9. The second-order valence-electron chi connectivity index (χ2n) is 7.94. The Labute approximate surface area is 182 Å². The van der Waals surface area contributed by atoms with Crippen molar-refractivity contribution in [2.24, 2.45) is 0 Å². The predicted octanol–water partition coefficient (Wildman–Crippen LogP) is 3.51. The van der Waals surface area contributed by atoms with Gasteiger partial charge >= 0.3 is 6.09 Å². The SMILES string of the molecule is CC[C@H]1COC(=O)N1c1nc(C)nc(NC2(c3cc4cccc(Cl)c4[nH]c3=O)CC2)n1. The van der Waals surface area contributed by atoms with Crippen molar-refractivity contribution in [2.45, 2.75) is 44.7 Å². The summed E-state index contributed by atoms with van der Waals surface area (Å²) in [5, 5.41) is 4.68. The normalized spacial score (nSPS) is 19.5. The molecule has 10 heteroatoms. The molecule has 3 heterocycles. The maximum Gasteiger partial charge on any atom is 0.417 e. The topological polar surface area (TPSA) is 113 Å². The number of hydrogen-bond acceptors (Lipinski definition) is 7. The maximum atomic E-state index is 12.9. The molecule has 3 aromatic rings. The molecular formula is C21H21ClN6O3. The smallest absolute Gasteiger partial charge is 0.417 e. The van der Waals surface area contributed by atoms with Crippen LogP contribution < -0.4 is 15.8 Å².